The summed E-state index contributed by atoms with van der Waals surface area (Å²) in [5.41, 5.74) is 1.97. The summed E-state index contributed by atoms with van der Waals surface area (Å²) in [6.45, 7) is 3.00. The average molecular weight is 259 g/mol. The summed E-state index contributed by atoms with van der Waals surface area (Å²) in [5.74, 6) is 1.71. The standard InChI is InChI=1S/C12H13N5S/c1-7-13-5-10(18-7)11-15-9-4-14-17(12(9)16-11)6-8-2-3-8/h4-5,8H,2-3,6H2,1H3,(H,15,16). The van der Waals surface area contributed by atoms with Gasteiger partial charge >= 0.3 is 0 Å². The number of thiazole rings is 1. The van der Waals surface area contributed by atoms with E-state index in [4.69, 9.17) is 0 Å². The molecule has 0 unspecified atom stereocenters. The first-order valence-electron chi connectivity index (χ1n) is 6.14. The number of hydrogen-bond donors (Lipinski definition) is 1. The van der Waals surface area contributed by atoms with Gasteiger partial charge in [0.1, 0.15) is 5.52 Å². The van der Waals surface area contributed by atoms with E-state index in [-0.39, 0.29) is 0 Å². The molecule has 0 spiro atoms. The maximum Gasteiger partial charge on any atom is 0.176 e. The molecule has 92 valence electrons. The summed E-state index contributed by atoms with van der Waals surface area (Å²) >= 11 is 1.66. The van der Waals surface area contributed by atoms with E-state index < -0.39 is 0 Å². The molecule has 4 rings (SSSR count). The number of rotatable bonds is 3. The second kappa shape index (κ2) is 3.65. The molecule has 1 N–H and O–H groups in total. The van der Waals surface area contributed by atoms with E-state index in [9.17, 15) is 0 Å². The van der Waals surface area contributed by atoms with Gasteiger partial charge in [-0.3, -0.25) is 0 Å². The van der Waals surface area contributed by atoms with Crippen LogP contribution >= 0.6 is 11.3 Å². The molecule has 0 aromatic carbocycles. The molecule has 3 heterocycles. The van der Waals surface area contributed by atoms with E-state index in [0.717, 1.165) is 39.3 Å². The molecule has 0 aliphatic heterocycles. The SMILES string of the molecule is Cc1ncc(-c2nc3c(cnn3CC3CC3)[nH]2)s1. The molecule has 3 aromatic heterocycles. The van der Waals surface area contributed by atoms with Crippen molar-refractivity contribution in [2.75, 3.05) is 0 Å². The molecular formula is C12H13N5S. The van der Waals surface area contributed by atoms with Gasteiger partial charge in [-0.25, -0.2) is 14.6 Å². The Morgan fingerprint density at radius 1 is 1.44 bits per heavy atom. The van der Waals surface area contributed by atoms with Gasteiger partial charge in [0, 0.05) is 12.7 Å². The number of fused-ring (bicyclic) bond motifs is 1. The number of H-pyrrole nitrogens is 1. The second-order valence-electron chi connectivity index (χ2n) is 4.84. The Morgan fingerprint density at radius 2 is 2.33 bits per heavy atom. The lowest BCUT2D eigenvalue weighted by atomic mass is 10.4. The summed E-state index contributed by atoms with van der Waals surface area (Å²) in [4.78, 5) is 13.3. The van der Waals surface area contributed by atoms with E-state index in [1.54, 1.807) is 11.3 Å². The third kappa shape index (κ3) is 1.64. The fourth-order valence-electron chi connectivity index (χ4n) is 2.11. The first kappa shape index (κ1) is 10.3. The number of aryl methyl sites for hydroxylation is 1. The van der Waals surface area contributed by atoms with Crippen LogP contribution in [0.5, 0.6) is 0 Å². The molecule has 5 nitrogen and oxygen atoms in total. The van der Waals surface area contributed by atoms with E-state index in [2.05, 4.69) is 20.1 Å². The maximum atomic E-state index is 4.65. The monoisotopic (exact) mass is 259 g/mol. The van der Waals surface area contributed by atoms with Gasteiger partial charge < -0.3 is 4.98 Å². The summed E-state index contributed by atoms with van der Waals surface area (Å²) in [5, 5.41) is 5.45. The Hall–Kier alpha value is -1.69. The lowest BCUT2D eigenvalue weighted by Gasteiger charge is -1.97. The molecule has 1 saturated carbocycles. The molecule has 18 heavy (non-hydrogen) atoms. The largest absolute Gasteiger partial charge is 0.335 e. The highest BCUT2D eigenvalue weighted by Gasteiger charge is 2.23. The van der Waals surface area contributed by atoms with Crippen molar-refractivity contribution < 1.29 is 0 Å². The Bertz CT molecular complexity index is 703. The Labute approximate surface area is 108 Å². The number of imidazole rings is 1. The highest BCUT2D eigenvalue weighted by atomic mass is 32.1. The molecule has 1 aliphatic rings. The number of hydrogen-bond acceptors (Lipinski definition) is 4. The van der Waals surface area contributed by atoms with Crippen molar-refractivity contribution in [2.24, 2.45) is 5.92 Å². The van der Waals surface area contributed by atoms with Crippen LogP contribution in [0.1, 0.15) is 17.8 Å². The Balaban J connectivity index is 1.76. The van der Waals surface area contributed by atoms with Gasteiger partial charge in [0.25, 0.3) is 0 Å². The number of nitrogens with zero attached hydrogens (tertiary/aromatic N) is 4. The maximum absolute atomic E-state index is 4.65. The van der Waals surface area contributed by atoms with Crippen LogP contribution in [-0.4, -0.2) is 24.7 Å². The van der Waals surface area contributed by atoms with Crippen LogP contribution in [0.3, 0.4) is 0 Å². The van der Waals surface area contributed by atoms with E-state index >= 15 is 0 Å². The van der Waals surface area contributed by atoms with E-state index in [1.807, 2.05) is 24.0 Å². The van der Waals surface area contributed by atoms with Crippen LogP contribution in [0, 0.1) is 12.8 Å². The molecule has 0 saturated heterocycles. The summed E-state index contributed by atoms with van der Waals surface area (Å²) in [6, 6.07) is 0. The molecular weight excluding hydrogens is 246 g/mol. The first-order chi connectivity index (χ1) is 8.79. The van der Waals surface area contributed by atoms with Crippen molar-refractivity contribution >= 4 is 22.5 Å². The summed E-state index contributed by atoms with van der Waals surface area (Å²) in [7, 11) is 0. The fraction of sp³-hybridized carbons (Fsp3) is 0.417. The fourth-order valence-corrected chi connectivity index (χ4v) is 2.83. The molecule has 0 radical (unpaired) electrons. The van der Waals surface area contributed by atoms with E-state index in [1.165, 1.54) is 12.8 Å². The van der Waals surface area contributed by atoms with Gasteiger partial charge in [0.2, 0.25) is 0 Å². The minimum Gasteiger partial charge on any atom is -0.335 e. The zero-order chi connectivity index (χ0) is 12.1. The summed E-state index contributed by atoms with van der Waals surface area (Å²) < 4.78 is 2.01. The van der Waals surface area contributed by atoms with Crippen LogP contribution in [0.2, 0.25) is 0 Å². The predicted molar refractivity (Wildman–Crippen MR) is 70.4 cm³/mol. The van der Waals surface area contributed by atoms with Crippen molar-refractivity contribution in [2.45, 2.75) is 26.3 Å². The van der Waals surface area contributed by atoms with Gasteiger partial charge in [-0.2, -0.15) is 5.10 Å². The van der Waals surface area contributed by atoms with Crippen molar-refractivity contribution in [1.29, 1.82) is 0 Å². The number of aromatic nitrogens is 5. The topological polar surface area (TPSA) is 59.4 Å². The van der Waals surface area contributed by atoms with Crippen molar-refractivity contribution in [3.8, 4) is 10.7 Å². The highest BCUT2D eigenvalue weighted by molar-refractivity contribution is 7.14. The Morgan fingerprint density at radius 3 is 3.06 bits per heavy atom. The van der Waals surface area contributed by atoms with Gasteiger partial charge in [-0.05, 0) is 25.7 Å². The lowest BCUT2D eigenvalue weighted by Crippen LogP contribution is -2.01. The van der Waals surface area contributed by atoms with Gasteiger partial charge in [-0.1, -0.05) is 0 Å². The third-order valence-corrected chi connectivity index (χ3v) is 4.18. The third-order valence-electron chi connectivity index (χ3n) is 3.27. The molecule has 0 atom stereocenters. The van der Waals surface area contributed by atoms with Crippen molar-refractivity contribution in [3.05, 3.63) is 17.4 Å². The van der Waals surface area contributed by atoms with Crippen molar-refractivity contribution in [1.82, 2.24) is 24.7 Å². The number of aromatic amines is 1. The Kier molecular flexibility index (Phi) is 2.08. The molecule has 1 aliphatic carbocycles. The molecule has 3 aromatic rings. The normalized spacial score (nSPS) is 15.6. The first-order valence-corrected chi connectivity index (χ1v) is 6.95. The zero-order valence-corrected chi connectivity index (χ0v) is 10.9. The number of nitrogens with one attached hydrogen (secondary N) is 1. The van der Waals surface area contributed by atoms with E-state index in [0.29, 0.717) is 0 Å². The average Bonchev–Trinajstić information content (AvgIpc) is 2.74. The quantitative estimate of drug-likeness (QED) is 0.786. The molecule has 0 amide bonds. The van der Waals surface area contributed by atoms with Crippen LogP contribution in [0.4, 0.5) is 0 Å². The molecule has 0 bridgehead atoms. The zero-order valence-electron chi connectivity index (χ0n) is 10.1. The molecule has 6 heteroatoms. The summed E-state index contributed by atoms with van der Waals surface area (Å²) in [6.07, 6.45) is 6.39. The van der Waals surface area contributed by atoms with Crippen LogP contribution in [0.25, 0.3) is 21.9 Å². The van der Waals surface area contributed by atoms with Crippen molar-refractivity contribution in [3.63, 3.8) is 0 Å². The van der Waals surface area contributed by atoms with Gasteiger partial charge in [0.15, 0.2) is 11.5 Å². The second-order valence-corrected chi connectivity index (χ2v) is 6.07. The lowest BCUT2D eigenvalue weighted by molar-refractivity contribution is 0.576. The highest BCUT2D eigenvalue weighted by Crippen LogP contribution is 2.32. The smallest absolute Gasteiger partial charge is 0.176 e. The predicted octanol–water partition coefficient (Wildman–Crippen LogP) is 2.60. The minimum atomic E-state index is 0.805. The van der Waals surface area contributed by atoms with Crippen LogP contribution < -0.4 is 0 Å². The van der Waals surface area contributed by atoms with Crippen LogP contribution in [-0.2, 0) is 6.54 Å². The van der Waals surface area contributed by atoms with Gasteiger partial charge in [0.05, 0.1) is 16.1 Å². The minimum absolute atomic E-state index is 0.805. The molecule has 1 fully saturated rings. The van der Waals surface area contributed by atoms with Gasteiger partial charge in [-0.15, -0.1) is 11.3 Å². The van der Waals surface area contributed by atoms with Crippen LogP contribution in [0.15, 0.2) is 12.4 Å².